The molecule has 2 aromatic rings. The van der Waals surface area contributed by atoms with Gasteiger partial charge in [0.05, 0.1) is 0 Å². The average molecular weight is 333 g/mol. The molecule has 1 saturated heterocycles. The van der Waals surface area contributed by atoms with Crippen LogP contribution in [0, 0.1) is 11.8 Å². The summed E-state index contributed by atoms with van der Waals surface area (Å²) in [5.41, 5.74) is 2.49. The monoisotopic (exact) mass is 333 g/mol. The van der Waals surface area contributed by atoms with Crippen LogP contribution in [0.4, 0.5) is 0 Å². The first kappa shape index (κ1) is 15.8. The summed E-state index contributed by atoms with van der Waals surface area (Å²) in [4.78, 5) is 26.6. The summed E-state index contributed by atoms with van der Waals surface area (Å²) in [6, 6.07) is 18.2. The van der Waals surface area contributed by atoms with E-state index in [4.69, 9.17) is 0 Å². The first-order valence-electron chi connectivity index (χ1n) is 8.48. The van der Waals surface area contributed by atoms with Gasteiger partial charge in [-0.25, -0.2) is 0 Å². The molecule has 1 aliphatic carbocycles. The number of Topliss-reactive ketones (excluding diaryl/α,β-unsaturated/α-hetero) is 1. The molecule has 4 nitrogen and oxygen atoms in total. The summed E-state index contributed by atoms with van der Waals surface area (Å²) in [7, 11) is 0. The third-order valence-corrected chi connectivity index (χ3v) is 5.18. The highest BCUT2D eigenvalue weighted by molar-refractivity contribution is 6.24. The van der Waals surface area contributed by atoms with E-state index in [1.165, 1.54) is 0 Å². The number of ketones is 1. The van der Waals surface area contributed by atoms with Gasteiger partial charge < -0.3 is 5.11 Å². The van der Waals surface area contributed by atoms with Gasteiger partial charge in [-0.15, -0.1) is 0 Å². The van der Waals surface area contributed by atoms with Crippen molar-refractivity contribution in [2.24, 2.45) is 11.8 Å². The van der Waals surface area contributed by atoms with E-state index < -0.39 is 12.0 Å². The molecule has 3 atom stereocenters. The molecule has 4 heteroatoms. The maximum Gasteiger partial charge on any atom is 0.325 e. The molecule has 25 heavy (non-hydrogen) atoms. The smallest absolute Gasteiger partial charge is 0.325 e. The third kappa shape index (κ3) is 2.79. The van der Waals surface area contributed by atoms with Gasteiger partial charge in [0, 0.05) is 30.5 Å². The molecule has 0 amide bonds. The van der Waals surface area contributed by atoms with Crippen LogP contribution in [0.25, 0.3) is 5.57 Å². The lowest BCUT2D eigenvalue weighted by molar-refractivity contribution is -0.143. The predicted molar refractivity (Wildman–Crippen MR) is 94.8 cm³/mol. The number of nitrogens with zero attached hydrogens (tertiary/aromatic N) is 1. The molecule has 0 aromatic heterocycles. The van der Waals surface area contributed by atoms with Crippen molar-refractivity contribution in [3.8, 4) is 0 Å². The molecule has 0 saturated carbocycles. The summed E-state index contributed by atoms with van der Waals surface area (Å²) < 4.78 is 0. The van der Waals surface area contributed by atoms with Crippen molar-refractivity contribution >= 4 is 17.3 Å². The fourth-order valence-corrected chi connectivity index (χ4v) is 4.01. The molecular weight excluding hydrogens is 314 g/mol. The number of hydrogen-bond donors (Lipinski definition) is 1. The fourth-order valence-electron chi connectivity index (χ4n) is 4.01. The second-order valence-electron chi connectivity index (χ2n) is 6.69. The minimum atomic E-state index is -0.870. The minimum Gasteiger partial charge on any atom is -0.480 e. The van der Waals surface area contributed by atoms with E-state index in [0.717, 1.165) is 16.7 Å². The van der Waals surface area contributed by atoms with Crippen LogP contribution in [-0.4, -0.2) is 34.8 Å². The fraction of sp³-hybridized carbons (Fsp3) is 0.238. The van der Waals surface area contributed by atoms with Gasteiger partial charge in [-0.2, -0.15) is 0 Å². The topological polar surface area (TPSA) is 57.6 Å². The first-order valence-corrected chi connectivity index (χ1v) is 8.48. The second kappa shape index (κ2) is 6.30. The van der Waals surface area contributed by atoms with E-state index in [2.05, 4.69) is 0 Å². The van der Waals surface area contributed by atoms with Gasteiger partial charge >= 0.3 is 5.97 Å². The van der Waals surface area contributed by atoms with Crippen LogP contribution in [0.1, 0.15) is 17.2 Å². The number of likely N-dealkylation sites (tertiary alicyclic amines) is 1. The standard InChI is InChI=1S/C21H19NO3/c23-20-17(14-7-3-1-4-8-14)11-16-12-22(13-18(16)20)19(21(24)25)15-9-5-2-6-10-15/h1-11,16,18-19H,12-13H2,(H,24,25). The molecule has 4 rings (SSSR count). The Morgan fingerprint density at radius 1 is 1.00 bits per heavy atom. The van der Waals surface area contributed by atoms with Crippen molar-refractivity contribution in [2.45, 2.75) is 6.04 Å². The summed E-state index contributed by atoms with van der Waals surface area (Å²) in [5, 5.41) is 9.70. The maximum atomic E-state index is 12.8. The predicted octanol–water partition coefficient (Wildman–Crippen LogP) is 3.03. The minimum absolute atomic E-state index is 0.0910. The highest BCUT2D eigenvalue weighted by Crippen LogP contribution is 2.41. The summed E-state index contributed by atoms with van der Waals surface area (Å²) in [5.74, 6) is -0.782. The quantitative estimate of drug-likeness (QED) is 0.934. The van der Waals surface area contributed by atoms with Crippen LogP contribution in [0.2, 0.25) is 0 Å². The molecular formula is C21H19NO3. The number of benzene rings is 2. The van der Waals surface area contributed by atoms with E-state index >= 15 is 0 Å². The summed E-state index contributed by atoms with van der Waals surface area (Å²) in [6.07, 6.45) is 2.03. The molecule has 3 unspecified atom stereocenters. The molecule has 126 valence electrons. The highest BCUT2D eigenvalue weighted by atomic mass is 16.4. The average Bonchev–Trinajstić information content (AvgIpc) is 3.16. The van der Waals surface area contributed by atoms with Gasteiger partial charge in [0.25, 0.3) is 0 Å². The van der Waals surface area contributed by atoms with Crippen LogP contribution in [0.15, 0.2) is 66.7 Å². The van der Waals surface area contributed by atoms with Crippen molar-refractivity contribution in [3.05, 3.63) is 77.9 Å². The van der Waals surface area contributed by atoms with Crippen LogP contribution in [0.5, 0.6) is 0 Å². The van der Waals surface area contributed by atoms with Crippen molar-refractivity contribution in [2.75, 3.05) is 13.1 Å². The van der Waals surface area contributed by atoms with E-state index in [1.807, 2.05) is 71.6 Å². The van der Waals surface area contributed by atoms with Crippen LogP contribution in [-0.2, 0) is 9.59 Å². The Bertz CT molecular complexity index is 829. The summed E-state index contributed by atoms with van der Waals surface area (Å²) in [6.45, 7) is 1.08. The summed E-state index contributed by atoms with van der Waals surface area (Å²) >= 11 is 0. The number of carbonyl (C=O) groups is 2. The Hall–Kier alpha value is -2.72. The normalized spacial score (nSPS) is 24.0. The van der Waals surface area contributed by atoms with Crippen LogP contribution < -0.4 is 0 Å². The molecule has 0 radical (unpaired) electrons. The molecule has 2 aliphatic rings. The molecule has 1 heterocycles. The van der Waals surface area contributed by atoms with Gasteiger partial charge in [-0.3, -0.25) is 14.5 Å². The Morgan fingerprint density at radius 2 is 1.64 bits per heavy atom. The maximum absolute atomic E-state index is 12.8. The number of fused-ring (bicyclic) bond motifs is 1. The Labute approximate surface area is 146 Å². The Balaban J connectivity index is 1.59. The lowest BCUT2D eigenvalue weighted by Crippen LogP contribution is -2.33. The van der Waals surface area contributed by atoms with Gasteiger partial charge in [0.1, 0.15) is 6.04 Å². The largest absolute Gasteiger partial charge is 0.480 e. The zero-order chi connectivity index (χ0) is 17.4. The third-order valence-electron chi connectivity index (χ3n) is 5.18. The van der Waals surface area contributed by atoms with Gasteiger partial charge in [-0.05, 0) is 11.1 Å². The number of allylic oxidation sites excluding steroid dienone is 1. The number of carbonyl (C=O) groups excluding carboxylic acids is 1. The van der Waals surface area contributed by atoms with Crippen molar-refractivity contribution in [3.63, 3.8) is 0 Å². The van der Waals surface area contributed by atoms with Gasteiger partial charge in [0.15, 0.2) is 5.78 Å². The van der Waals surface area contributed by atoms with Crippen molar-refractivity contribution in [1.29, 1.82) is 0 Å². The number of carboxylic acids is 1. The molecule has 1 aliphatic heterocycles. The molecule has 1 fully saturated rings. The van der Waals surface area contributed by atoms with E-state index in [1.54, 1.807) is 0 Å². The van der Waals surface area contributed by atoms with Gasteiger partial charge in [0.2, 0.25) is 0 Å². The Morgan fingerprint density at radius 3 is 2.24 bits per heavy atom. The van der Waals surface area contributed by atoms with Crippen molar-refractivity contribution in [1.82, 2.24) is 4.90 Å². The molecule has 0 spiro atoms. The Kier molecular flexibility index (Phi) is 3.98. The van der Waals surface area contributed by atoms with Crippen LogP contribution in [0.3, 0.4) is 0 Å². The number of carboxylic acid groups (broad SMARTS) is 1. The number of rotatable bonds is 4. The number of aliphatic carboxylic acids is 1. The molecule has 0 bridgehead atoms. The molecule has 2 aromatic carbocycles. The van der Waals surface area contributed by atoms with E-state index in [-0.39, 0.29) is 17.6 Å². The SMILES string of the molecule is O=C1C(c2ccccc2)=CC2CN(C(C(=O)O)c3ccccc3)CC12. The zero-order valence-corrected chi connectivity index (χ0v) is 13.7. The highest BCUT2D eigenvalue weighted by Gasteiger charge is 2.45. The van der Waals surface area contributed by atoms with E-state index in [0.29, 0.717) is 13.1 Å². The first-order chi connectivity index (χ1) is 12.1. The lowest BCUT2D eigenvalue weighted by atomic mass is 9.97. The zero-order valence-electron chi connectivity index (χ0n) is 13.7. The number of hydrogen-bond acceptors (Lipinski definition) is 3. The van der Waals surface area contributed by atoms with E-state index in [9.17, 15) is 14.7 Å². The molecule has 1 N–H and O–H groups in total. The van der Waals surface area contributed by atoms with Gasteiger partial charge in [-0.1, -0.05) is 66.7 Å². The van der Waals surface area contributed by atoms with Crippen LogP contribution >= 0.6 is 0 Å². The second-order valence-corrected chi connectivity index (χ2v) is 6.69. The van der Waals surface area contributed by atoms with Crippen molar-refractivity contribution < 1.29 is 14.7 Å². The lowest BCUT2D eigenvalue weighted by Gasteiger charge is -2.25.